The highest BCUT2D eigenvalue weighted by Gasteiger charge is 2.28. The predicted molar refractivity (Wildman–Crippen MR) is 70.5 cm³/mol. The Hall–Kier alpha value is -1.60. The van der Waals surface area contributed by atoms with Gasteiger partial charge in [-0.15, -0.1) is 0 Å². The summed E-state index contributed by atoms with van der Waals surface area (Å²) >= 11 is 0. The van der Waals surface area contributed by atoms with Crippen LogP contribution < -0.4 is 5.73 Å². The Morgan fingerprint density at radius 3 is 2.41 bits per heavy atom. The topological polar surface area (TPSA) is 26.0 Å². The molecule has 0 amide bonds. The molecule has 2 aromatic carbocycles. The van der Waals surface area contributed by atoms with E-state index in [0.717, 1.165) is 18.9 Å². The molecule has 2 aromatic rings. The van der Waals surface area contributed by atoms with Gasteiger partial charge in [0.15, 0.2) is 0 Å². The van der Waals surface area contributed by atoms with Gasteiger partial charge in [0, 0.05) is 5.92 Å². The number of fused-ring (bicyclic) bond motifs is 1. The Morgan fingerprint density at radius 2 is 1.59 bits per heavy atom. The lowest BCUT2D eigenvalue weighted by atomic mass is 9.77. The van der Waals surface area contributed by atoms with E-state index in [1.54, 1.807) is 0 Å². The molecular formula is C16H16N. The Balaban J connectivity index is 1.97. The van der Waals surface area contributed by atoms with Crippen molar-refractivity contribution in [3.05, 3.63) is 77.3 Å². The van der Waals surface area contributed by atoms with Crippen molar-refractivity contribution in [2.75, 3.05) is 0 Å². The fraction of sp³-hybridized carbons (Fsp3) is 0.188. The first kappa shape index (κ1) is 10.5. The third-order valence-corrected chi connectivity index (χ3v) is 3.61. The van der Waals surface area contributed by atoms with Crippen molar-refractivity contribution in [2.24, 2.45) is 5.73 Å². The van der Waals surface area contributed by atoms with E-state index in [1.807, 2.05) is 0 Å². The molecule has 85 valence electrons. The van der Waals surface area contributed by atoms with Crippen molar-refractivity contribution in [3.63, 3.8) is 0 Å². The summed E-state index contributed by atoms with van der Waals surface area (Å²) in [5.74, 6) is 0.381. The summed E-state index contributed by atoms with van der Waals surface area (Å²) in [6, 6.07) is 20.1. The molecule has 3 rings (SSSR count). The fourth-order valence-corrected chi connectivity index (χ4v) is 2.69. The maximum absolute atomic E-state index is 6.34. The van der Waals surface area contributed by atoms with Gasteiger partial charge in [-0.05, 0) is 29.5 Å². The van der Waals surface area contributed by atoms with Gasteiger partial charge in [0.2, 0.25) is 0 Å². The van der Waals surface area contributed by atoms with Crippen LogP contribution in [0.3, 0.4) is 0 Å². The molecule has 0 aliphatic heterocycles. The SMILES string of the molecule is N[C]1c2ccccc2CC[C@@H]1c1ccccc1. The molecule has 1 nitrogen and oxygen atoms in total. The van der Waals surface area contributed by atoms with E-state index in [2.05, 4.69) is 54.6 Å². The van der Waals surface area contributed by atoms with Crippen molar-refractivity contribution < 1.29 is 0 Å². The quantitative estimate of drug-likeness (QED) is 0.787. The van der Waals surface area contributed by atoms with Gasteiger partial charge in [-0.25, -0.2) is 0 Å². The largest absolute Gasteiger partial charge is 0.319 e. The maximum atomic E-state index is 6.34. The second-order valence-electron chi connectivity index (χ2n) is 4.61. The van der Waals surface area contributed by atoms with Crippen LogP contribution in [-0.2, 0) is 6.42 Å². The van der Waals surface area contributed by atoms with Crippen LogP contribution in [0, 0.1) is 6.04 Å². The molecule has 0 saturated heterocycles. The maximum Gasteiger partial charge on any atom is 0.0712 e. The van der Waals surface area contributed by atoms with E-state index in [9.17, 15) is 0 Å². The summed E-state index contributed by atoms with van der Waals surface area (Å²) in [4.78, 5) is 0. The van der Waals surface area contributed by atoms with Crippen LogP contribution >= 0.6 is 0 Å². The lowest BCUT2D eigenvalue weighted by Crippen LogP contribution is -2.26. The highest BCUT2D eigenvalue weighted by Crippen LogP contribution is 2.38. The number of hydrogen-bond acceptors (Lipinski definition) is 1. The van der Waals surface area contributed by atoms with Crippen LogP contribution in [0.1, 0.15) is 29.0 Å². The van der Waals surface area contributed by atoms with Crippen LogP contribution in [0.5, 0.6) is 0 Å². The van der Waals surface area contributed by atoms with Crippen LogP contribution in [0.2, 0.25) is 0 Å². The average molecular weight is 222 g/mol. The second-order valence-corrected chi connectivity index (χ2v) is 4.61. The Morgan fingerprint density at radius 1 is 0.882 bits per heavy atom. The molecule has 0 fully saturated rings. The summed E-state index contributed by atoms with van der Waals surface area (Å²) in [7, 11) is 0. The Labute approximate surface area is 102 Å². The number of benzene rings is 2. The summed E-state index contributed by atoms with van der Waals surface area (Å²) in [6.07, 6.45) is 2.24. The number of hydrogen-bond donors (Lipinski definition) is 1. The molecule has 0 bridgehead atoms. The van der Waals surface area contributed by atoms with Crippen LogP contribution in [0.15, 0.2) is 54.6 Å². The zero-order valence-electron chi connectivity index (χ0n) is 9.77. The molecular weight excluding hydrogens is 206 g/mol. The van der Waals surface area contributed by atoms with E-state index < -0.39 is 0 Å². The normalized spacial score (nSPS) is 19.9. The van der Waals surface area contributed by atoms with E-state index in [1.165, 1.54) is 16.7 Å². The molecule has 0 saturated carbocycles. The van der Waals surface area contributed by atoms with E-state index >= 15 is 0 Å². The first-order chi connectivity index (χ1) is 8.36. The van der Waals surface area contributed by atoms with E-state index in [4.69, 9.17) is 5.73 Å². The molecule has 0 heterocycles. The minimum atomic E-state index is 0.381. The zero-order valence-corrected chi connectivity index (χ0v) is 9.77. The molecule has 1 heteroatoms. The average Bonchev–Trinajstić information content (AvgIpc) is 2.40. The van der Waals surface area contributed by atoms with Gasteiger partial charge >= 0.3 is 0 Å². The van der Waals surface area contributed by atoms with Crippen molar-refractivity contribution in [1.29, 1.82) is 0 Å². The van der Waals surface area contributed by atoms with Crippen molar-refractivity contribution >= 4 is 0 Å². The molecule has 0 aromatic heterocycles. The Bertz CT molecular complexity index is 504. The van der Waals surface area contributed by atoms with E-state index in [0.29, 0.717) is 5.92 Å². The summed E-state index contributed by atoms with van der Waals surface area (Å²) in [6.45, 7) is 0. The van der Waals surface area contributed by atoms with E-state index in [-0.39, 0.29) is 0 Å². The first-order valence-electron chi connectivity index (χ1n) is 6.12. The van der Waals surface area contributed by atoms with Crippen LogP contribution in [0.25, 0.3) is 0 Å². The number of aryl methyl sites for hydroxylation is 1. The van der Waals surface area contributed by atoms with Crippen molar-refractivity contribution in [1.82, 2.24) is 0 Å². The summed E-state index contributed by atoms with van der Waals surface area (Å²) < 4.78 is 0. The first-order valence-corrected chi connectivity index (χ1v) is 6.12. The highest BCUT2D eigenvalue weighted by atomic mass is 14.7. The van der Waals surface area contributed by atoms with Gasteiger partial charge in [0.1, 0.15) is 0 Å². The van der Waals surface area contributed by atoms with Gasteiger partial charge in [0.05, 0.1) is 6.04 Å². The molecule has 1 radical (unpaired) electrons. The fourth-order valence-electron chi connectivity index (χ4n) is 2.69. The number of rotatable bonds is 1. The van der Waals surface area contributed by atoms with Crippen molar-refractivity contribution in [3.8, 4) is 0 Å². The second kappa shape index (κ2) is 4.34. The predicted octanol–water partition coefficient (Wildman–Crippen LogP) is 3.26. The lowest BCUT2D eigenvalue weighted by molar-refractivity contribution is 0.608. The molecule has 0 spiro atoms. The third-order valence-electron chi connectivity index (χ3n) is 3.61. The van der Waals surface area contributed by atoms with Gasteiger partial charge in [-0.2, -0.15) is 0 Å². The van der Waals surface area contributed by atoms with Crippen LogP contribution in [0.4, 0.5) is 0 Å². The van der Waals surface area contributed by atoms with Gasteiger partial charge in [-0.3, -0.25) is 0 Å². The van der Waals surface area contributed by atoms with Crippen molar-refractivity contribution in [2.45, 2.75) is 18.8 Å². The summed E-state index contributed by atoms with van der Waals surface area (Å²) in [5, 5.41) is 0. The van der Waals surface area contributed by atoms with Crippen LogP contribution in [-0.4, -0.2) is 0 Å². The van der Waals surface area contributed by atoms with Gasteiger partial charge in [-0.1, -0.05) is 54.6 Å². The number of nitrogens with two attached hydrogens (primary N) is 1. The molecule has 17 heavy (non-hydrogen) atoms. The lowest BCUT2D eigenvalue weighted by Gasteiger charge is -2.30. The summed E-state index contributed by atoms with van der Waals surface area (Å²) in [5.41, 5.74) is 10.3. The molecule has 1 aliphatic carbocycles. The standard InChI is InChI=1S/C16H16N/c17-16-14-9-5-4-8-13(14)10-11-15(16)12-6-2-1-3-7-12/h1-9,15H,10-11,17H2/t15-/m1/s1. The van der Waals surface area contributed by atoms with Gasteiger partial charge in [0.25, 0.3) is 0 Å². The molecule has 2 N–H and O–H groups in total. The smallest absolute Gasteiger partial charge is 0.0712 e. The molecule has 0 unspecified atom stereocenters. The monoisotopic (exact) mass is 222 g/mol. The molecule has 1 atom stereocenters. The minimum absolute atomic E-state index is 0.381. The molecule has 1 aliphatic rings. The minimum Gasteiger partial charge on any atom is -0.319 e. The van der Waals surface area contributed by atoms with Gasteiger partial charge < -0.3 is 5.73 Å². The Kier molecular flexibility index (Phi) is 2.69. The highest BCUT2D eigenvalue weighted by molar-refractivity contribution is 5.45. The third kappa shape index (κ3) is 1.87. The zero-order chi connectivity index (χ0) is 11.7.